The van der Waals surface area contributed by atoms with E-state index in [1.807, 2.05) is 13.0 Å². The molecule has 1 saturated heterocycles. The third kappa shape index (κ3) is 3.55. The van der Waals surface area contributed by atoms with E-state index in [2.05, 4.69) is 4.98 Å². The van der Waals surface area contributed by atoms with Gasteiger partial charge in [-0.15, -0.1) is 0 Å². The summed E-state index contributed by atoms with van der Waals surface area (Å²) in [5.74, 6) is -1.66. The molecule has 1 aliphatic heterocycles. The van der Waals surface area contributed by atoms with Crippen molar-refractivity contribution in [3.05, 3.63) is 94.3 Å². The van der Waals surface area contributed by atoms with Gasteiger partial charge < -0.3 is 9.84 Å². The highest BCUT2D eigenvalue weighted by atomic mass is 35.5. The van der Waals surface area contributed by atoms with E-state index in [0.29, 0.717) is 16.3 Å². The van der Waals surface area contributed by atoms with Crippen LogP contribution in [-0.4, -0.2) is 28.9 Å². The van der Waals surface area contributed by atoms with Gasteiger partial charge in [0.1, 0.15) is 11.5 Å². The second kappa shape index (κ2) is 8.24. The Morgan fingerprint density at radius 3 is 2.52 bits per heavy atom. The number of methoxy groups -OCH3 is 1. The summed E-state index contributed by atoms with van der Waals surface area (Å²) < 4.78 is 5.38. The van der Waals surface area contributed by atoms with Gasteiger partial charge in [-0.25, -0.2) is 0 Å². The van der Waals surface area contributed by atoms with Gasteiger partial charge in [-0.2, -0.15) is 0 Å². The maximum Gasteiger partial charge on any atom is 0.300 e. The molecule has 1 unspecified atom stereocenters. The van der Waals surface area contributed by atoms with Crippen LogP contribution in [0.2, 0.25) is 5.02 Å². The number of nitrogens with zero attached hydrogens (tertiary/aromatic N) is 2. The van der Waals surface area contributed by atoms with Crippen LogP contribution in [0.15, 0.2) is 72.6 Å². The molecule has 0 spiro atoms. The van der Waals surface area contributed by atoms with Crippen molar-refractivity contribution in [1.82, 2.24) is 4.98 Å². The number of carbonyl (C=O) groups is 2. The number of aliphatic hydroxyl groups is 1. The average Bonchev–Trinajstić information content (AvgIpc) is 3.04. The fourth-order valence-electron chi connectivity index (χ4n) is 3.80. The molecule has 1 aliphatic rings. The Morgan fingerprint density at radius 2 is 1.87 bits per heavy atom. The monoisotopic (exact) mass is 434 g/mol. The van der Waals surface area contributed by atoms with Crippen molar-refractivity contribution in [2.75, 3.05) is 12.0 Å². The van der Waals surface area contributed by atoms with Crippen molar-refractivity contribution in [1.29, 1.82) is 0 Å². The van der Waals surface area contributed by atoms with Gasteiger partial charge >= 0.3 is 0 Å². The molecule has 0 aliphatic carbocycles. The summed E-state index contributed by atoms with van der Waals surface area (Å²) >= 11 is 6.30. The van der Waals surface area contributed by atoms with Crippen molar-refractivity contribution in [2.45, 2.75) is 13.0 Å². The molecule has 0 bridgehead atoms. The maximum atomic E-state index is 13.2. The first-order valence-electron chi connectivity index (χ1n) is 9.54. The number of aryl methyl sites for hydroxylation is 1. The number of benzene rings is 2. The number of carbonyl (C=O) groups excluding carboxylic acids is 2. The number of aromatic nitrogens is 1. The number of rotatable bonds is 4. The van der Waals surface area contributed by atoms with Gasteiger partial charge in [0.05, 0.1) is 29.3 Å². The lowest BCUT2D eigenvalue weighted by Gasteiger charge is -2.25. The predicted octanol–water partition coefficient (Wildman–Crippen LogP) is 4.68. The SMILES string of the molecule is COc1c(Cl)cc(C)cc1/C(O)=C1\C(=O)C(=O)N(c2ccccc2)C1c1cccnc1. The number of aliphatic hydroxyl groups excluding tert-OH is 1. The average molecular weight is 435 g/mol. The number of pyridine rings is 1. The second-order valence-electron chi connectivity index (χ2n) is 7.12. The first-order valence-corrected chi connectivity index (χ1v) is 9.92. The molecule has 1 aromatic heterocycles. The molecule has 7 heteroatoms. The molecule has 31 heavy (non-hydrogen) atoms. The number of anilines is 1. The van der Waals surface area contributed by atoms with E-state index >= 15 is 0 Å². The van der Waals surface area contributed by atoms with E-state index in [-0.39, 0.29) is 22.6 Å². The lowest BCUT2D eigenvalue weighted by molar-refractivity contribution is -0.132. The Labute approximate surface area is 184 Å². The minimum Gasteiger partial charge on any atom is -0.507 e. The van der Waals surface area contributed by atoms with Crippen LogP contribution in [0.4, 0.5) is 5.69 Å². The summed E-state index contributed by atoms with van der Waals surface area (Å²) in [6.07, 6.45) is 3.17. The van der Waals surface area contributed by atoms with Crippen LogP contribution >= 0.6 is 11.6 Å². The Balaban J connectivity index is 2.00. The molecule has 156 valence electrons. The Morgan fingerprint density at radius 1 is 1.13 bits per heavy atom. The Bertz CT molecular complexity index is 1190. The molecule has 1 fully saturated rings. The van der Waals surface area contributed by atoms with Crippen molar-refractivity contribution >= 4 is 34.7 Å². The molecule has 1 N–H and O–H groups in total. The summed E-state index contributed by atoms with van der Waals surface area (Å²) in [5.41, 5.74) is 2.08. The predicted molar refractivity (Wildman–Crippen MR) is 118 cm³/mol. The van der Waals surface area contributed by atoms with Crippen LogP contribution < -0.4 is 9.64 Å². The van der Waals surface area contributed by atoms with Crippen molar-refractivity contribution in [3.8, 4) is 5.75 Å². The van der Waals surface area contributed by atoms with Crippen LogP contribution in [0, 0.1) is 6.92 Å². The fraction of sp³-hybridized carbons (Fsp3) is 0.125. The zero-order valence-corrected chi connectivity index (χ0v) is 17.6. The van der Waals surface area contributed by atoms with E-state index in [1.54, 1.807) is 60.9 Å². The summed E-state index contributed by atoms with van der Waals surface area (Å²) in [6.45, 7) is 1.81. The molecule has 3 aromatic rings. The molecule has 0 saturated carbocycles. The Kier molecular flexibility index (Phi) is 5.48. The first-order chi connectivity index (χ1) is 14.9. The molecule has 1 amide bonds. The van der Waals surface area contributed by atoms with Crippen molar-refractivity contribution in [3.63, 3.8) is 0 Å². The number of ketones is 1. The van der Waals surface area contributed by atoms with Crippen LogP contribution in [0.3, 0.4) is 0 Å². The van der Waals surface area contributed by atoms with E-state index in [9.17, 15) is 14.7 Å². The number of hydrogen-bond donors (Lipinski definition) is 1. The van der Waals surface area contributed by atoms with Gasteiger partial charge in [0.2, 0.25) is 0 Å². The zero-order chi connectivity index (χ0) is 22.1. The molecular weight excluding hydrogens is 416 g/mol. The summed E-state index contributed by atoms with van der Waals surface area (Å²) in [5, 5.41) is 11.6. The third-order valence-corrected chi connectivity index (χ3v) is 5.41. The van der Waals surface area contributed by atoms with Gasteiger partial charge in [-0.05, 0) is 48.4 Å². The quantitative estimate of drug-likeness (QED) is 0.366. The standard InChI is InChI=1S/C24H19ClN2O4/c1-14-11-17(23(31-2)18(25)12-14)21(28)19-20(15-7-6-10-26-13-15)27(24(30)22(19)29)16-8-4-3-5-9-16/h3-13,20,28H,1-2H3/b21-19+. The second-order valence-corrected chi connectivity index (χ2v) is 7.53. The molecule has 2 heterocycles. The number of halogens is 1. The summed E-state index contributed by atoms with van der Waals surface area (Å²) in [6, 6.07) is 14.8. The van der Waals surface area contributed by atoms with Crippen molar-refractivity contribution in [2.24, 2.45) is 0 Å². The number of Topliss-reactive ketones (excluding diaryl/α,β-unsaturated/α-hetero) is 1. The maximum absolute atomic E-state index is 13.2. The highest BCUT2D eigenvalue weighted by molar-refractivity contribution is 6.51. The molecule has 2 aromatic carbocycles. The van der Waals surface area contributed by atoms with Gasteiger partial charge in [0.15, 0.2) is 0 Å². The zero-order valence-electron chi connectivity index (χ0n) is 16.9. The van der Waals surface area contributed by atoms with Gasteiger partial charge in [0, 0.05) is 18.1 Å². The van der Waals surface area contributed by atoms with Crippen LogP contribution in [0.5, 0.6) is 5.75 Å². The number of para-hydroxylation sites is 1. The minimum atomic E-state index is -0.861. The van der Waals surface area contributed by atoms with Crippen molar-refractivity contribution < 1.29 is 19.4 Å². The number of hydrogen-bond acceptors (Lipinski definition) is 5. The van der Waals surface area contributed by atoms with Crippen LogP contribution in [0.1, 0.15) is 22.7 Å². The third-order valence-electron chi connectivity index (χ3n) is 5.13. The minimum absolute atomic E-state index is 0.0539. The summed E-state index contributed by atoms with van der Waals surface area (Å²) in [4.78, 5) is 31.7. The number of ether oxygens (including phenoxy) is 1. The van der Waals surface area contributed by atoms with Gasteiger partial charge in [-0.1, -0.05) is 35.9 Å². The summed E-state index contributed by atoms with van der Waals surface area (Å²) in [7, 11) is 1.43. The molecule has 0 radical (unpaired) electrons. The van der Waals surface area contributed by atoms with Gasteiger partial charge in [0.25, 0.3) is 11.7 Å². The normalized spacial score (nSPS) is 17.8. The molecular formula is C24H19ClN2O4. The molecule has 1 atom stereocenters. The largest absolute Gasteiger partial charge is 0.507 e. The van der Waals surface area contributed by atoms with Crippen LogP contribution in [-0.2, 0) is 9.59 Å². The van der Waals surface area contributed by atoms with E-state index in [0.717, 1.165) is 5.56 Å². The first kappa shape index (κ1) is 20.6. The smallest absolute Gasteiger partial charge is 0.300 e. The van der Waals surface area contributed by atoms with Gasteiger partial charge in [-0.3, -0.25) is 19.5 Å². The van der Waals surface area contributed by atoms with Crippen LogP contribution in [0.25, 0.3) is 5.76 Å². The Hall–Kier alpha value is -3.64. The molecule has 4 rings (SSSR count). The highest BCUT2D eigenvalue weighted by Gasteiger charge is 2.47. The topological polar surface area (TPSA) is 79.7 Å². The highest BCUT2D eigenvalue weighted by Crippen LogP contribution is 2.44. The lowest BCUT2D eigenvalue weighted by Crippen LogP contribution is -2.29. The fourth-order valence-corrected chi connectivity index (χ4v) is 4.15. The molecule has 6 nitrogen and oxygen atoms in total. The number of amides is 1. The van der Waals surface area contributed by atoms with E-state index < -0.39 is 17.7 Å². The lowest BCUT2D eigenvalue weighted by atomic mass is 9.95. The van der Waals surface area contributed by atoms with E-state index in [4.69, 9.17) is 16.3 Å². The van der Waals surface area contributed by atoms with E-state index in [1.165, 1.54) is 12.0 Å².